The van der Waals surface area contributed by atoms with Gasteiger partial charge in [-0.1, -0.05) is 12.1 Å². The predicted molar refractivity (Wildman–Crippen MR) is 93.8 cm³/mol. The maximum atomic E-state index is 12.9. The van der Waals surface area contributed by atoms with Crippen molar-refractivity contribution in [2.45, 2.75) is 12.7 Å². The third-order valence-electron chi connectivity index (χ3n) is 3.85. The smallest absolute Gasteiger partial charge is 0.419 e. The number of ether oxygens (including phenoxy) is 2. The largest absolute Gasteiger partial charge is 0.492 e. The fourth-order valence-electron chi connectivity index (χ4n) is 2.55. The Morgan fingerprint density at radius 3 is 2.77 bits per heavy atom. The van der Waals surface area contributed by atoms with E-state index in [1.54, 1.807) is 11.3 Å². The van der Waals surface area contributed by atoms with Crippen molar-refractivity contribution in [2.24, 2.45) is 0 Å². The average molecular weight is 387 g/mol. The molecule has 0 radical (unpaired) electrons. The first-order valence-corrected chi connectivity index (χ1v) is 9.13. The lowest BCUT2D eigenvalue weighted by Crippen LogP contribution is -2.36. The maximum absolute atomic E-state index is 12.9. The number of nitrogens with one attached hydrogen (secondary N) is 1. The standard InChI is InChI=1S/C17H20F3N3O2S/c18-17(19,20)14-3-1-2-4-15(14)25-8-5-21-11-13-12-22-16(26-13)23-6-9-24-10-7-23/h1-4,12,21H,5-11H2. The number of morpholine rings is 1. The second-order valence-corrected chi connectivity index (χ2v) is 6.82. The van der Waals surface area contributed by atoms with Crippen molar-refractivity contribution in [3.63, 3.8) is 0 Å². The van der Waals surface area contributed by atoms with Crippen molar-refractivity contribution >= 4 is 16.5 Å². The Morgan fingerprint density at radius 2 is 2.00 bits per heavy atom. The number of hydrogen-bond acceptors (Lipinski definition) is 6. The van der Waals surface area contributed by atoms with Crippen LogP contribution in [0, 0.1) is 0 Å². The van der Waals surface area contributed by atoms with E-state index in [1.807, 2.05) is 6.20 Å². The van der Waals surface area contributed by atoms with Crippen LogP contribution in [0.5, 0.6) is 5.75 Å². The molecule has 2 heterocycles. The normalized spacial score (nSPS) is 15.3. The van der Waals surface area contributed by atoms with E-state index in [2.05, 4.69) is 15.2 Å². The molecule has 0 unspecified atom stereocenters. The Morgan fingerprint density at radius 1 is 1.23 bits per heavy atom. The second-order valence-electron chi connectivity index (χ2n) is 5.73. The zero-order valence-electron chi connectivity index (χ0n) is 14.1. The molecular formula is C17H20F3N3O2S. The molecule has 0 saturated carbocycles. The molecule has 0 atom stereocenters. The first-order valence-electron chi connectivity index (χ1n) is 8.31. The minimum absolute atomic E-state index is 0.144. The van der Waals surface area contributed by atoms with Crippen LogP contribution in [0.1, 0.15) is 10.4 Å². The summed E-state index contributed by atoms with van der Waals surface area (Å²) in [6.07, 6.45) is -2.59. The zero-order valence-corrected chi connectivity index (χ0v) is 14.9. The van der Waals surface area contributed by atoms with Gasteiger partial charge in [-0.15, -0.1) is 11.3 Å². The fraction of sp³-hybridized carbons (Fsp3) is 0.471. The van der Waals surface area contributed by atoms with Crippen molar-refractivity contribution in [3.8, 4) is 5.75 Å². The molecule has 26 heavy (non-hydrogen) atoms. The molecule has 0 aliphatic carbocycles. The summed E-state index contributed by atoms with van der Waals surface area (Å²) in [6, 6.07) is 5.24. The van der Waals surface area contributed by atoms with Gasteiger partial charge in [-0.25, -0.2) is 4.98 Å². The molecule has 1 aliphatic heterocycles. The number of benzene rings is 1. The molecule has 1 saturated heterocycles. The van der Waals surface area contributed by atoms with Gasteiger partial charge in [-0.2, -0.15) is 13.2 Å². The Kier molecular flexibility index (Phi) is 6.33. The molecule has 9 heteroatoms. The molecular weight excluding hydrogens is 367 g/mol. The number of thiazole rings is 1. The number of alkyl halides is 3. The van der Waals surface area contributed by atoms with Gasteiger partial charge < -0.3 is 19.7 Å². The molecule has 1 N–H and O–H groups in total. The first-order chi connectivity index (χ1) is 12.5. The highest BCUT2D eigenvalue weighted by molar-refractivity contribution is 7.15. The van der Waals surface area contributed by atoms with Crippen LogP contribution in [0.3, 0.4) is 0 Å². The fourth-order valence-corrected chi connectivity index (χ4v) is 3.48. The van der Waals surface area contributed by atoms with Crippen molar-refractivity contribution in [2.75, 3.05) is 44.4 Å². The summed E-state index contributed by atoms with van der Waals surface area (Å²) in [5.41, 5.74) is -0.752. The predicted octanol–water partition coefficient (Wildman–Crippen LogP) is 3.17. The summed E-state index contributed by atoms with van der Waals surface area (Å²) >= 11 is 1.61. The number of hydrogen-bond donors (Lipinski definition) is 1. The van der Waals surface area contributed by atoms with Crippen LogP contribution in [0.15, 0.2) is 30.5 Å². The van der Waals surface area contributed by atoms with Crippen LogP contribution >= 0.6 is 11.3 Å². The van der Waals surface area contributed by atoms with Crippen molar-refractivity contribution < 1.29 is 22.6 Å². The van der Waals surface area contributed by atoms with Gasteiger partial charge in [0.15, 0.2) is 5.13 Å². The molecule has 3 rings (SSSR count). The van der Waals surface area contributed by atoms with Gasteiger partial charge >= 0.3 is 6.18 Å². The van der Waals surface area contributed by atoms with E-state index >= 15 is 0 Å². The molecule has 1 fully saturated rings. The first kappa shape index (κ1) is 18.9. The molecule has 0 bridgehead atoms. The van der Waals surface area contributed by atoms with Gasteiger partial charge in [-0.3, -0.25) is 0 Å². The lowest BCUT2D eigenvalue weighted by Gasteiger charge is -2.25. The highest BCUT2D eigenvalue weighted by Crippen LogP contribution is 2.35. The summed E-state index contributed by atoms with van der Waals surface area (Å²) in [6.45, 7) is 4.30. The lowest BCUT2D eigenvalue weighted by molar-refractivity contribution is -0.138. The Bertz CT molecular complexity index is 703. The lowest BCUT2D eigenvalue weighted by atomic mass is 10.2. The summed E-state index contributed by atoms with van der Waals surface area (Å²) in [5.74, 6) is -0.144. The number of para-hydroxylation sites is 1. The Balaban J connectivity index is 1.42. The summed E-state index contributed by atoms with van der Waals surface area (Å²) in [7, 11) is 0. The molecule has 2 aromatic rings. The summed E-state index contributed by atoms with van der Waals surface area (Å²) < 4.78 is 49.3. The van der Waals surface area contributed by atoms with Crippen molar-refractivity contribution in [3.05, 3.63) is 40.9 Å². The highest BCUT2D eigenvalue weighted by atomic mass is 32.1. The molecule has 1 aromatic carbocycles. The second kappa shape index (κ2) is 8.70. The number of nitrogens with zero attached hydrogens (tertiary/aromatic N) is 2. The van der Waals surface area contributed by atoms with Crippen LogP contribution in [0.25, 0.3) is 0 Å². The molecule has 5 nitrogen and oxygen atoms in total. The highest BCUT2D eigenvalue weighted by Gasteiger charge is 2.33. The van der Waals surface area contributed by atoms with Crippen molar-refractivity contribution in [1.82, 2.24) is 10.3 Å². The number of halogens is 3. The minimum Gasteiger partial charge on any atom is -0.492 e. The van der Waals surface area contributed by atoms with E-state index in [-0.39, 0.29) is 12.4 Å². The number of rotatable bonds is 7. The van der Waals surface area contributed by atoms with E-state index in [0.717, 1.165) is 29.2 Å². The third-order valence-corrected chi connectivity index (χ3v) is 4.91. The van der Waals surface area contributed by atoms with E-state index in [0.29, 0.717) is 26.3 Å². The quantitative estimate of drug-likeness (QED) is 0.740. The average Bonchev–Trinajstić information content (AvgIpc) is 3.11. The number of anilines is 1. The Hall–Kier alpha value is -1.84. The molecule has 0 amide bonds. The third kappa shape index (κ3) is 5.09. The molecule has 0 spiro atoms. The van der Waals surface area contributed by atoms with Gasteiger partial charge in [0.2, 0.25) is 0 Å². The van der Waals surface area contributed by atoms with Crippen molar-refractivity contribution in [1.29, 1.82) is 0 Å². The zero-order chi connectivity index (χ0) is 18.4. The van der Waals surface area contributed by atoms with Gasteiger partial charge in [0, 0.05) is 37.3 Å². The van der Waals surface area contributed by atoms with E-state index in [9.17, 15) is 13.2 Å². The van der Waals surface area contributed by atoms with Crippen LogP contribution in [0.2, 0.25) is 0 Å². The summed E-state index contributed by atoms with van der Waals surface area (Å²) in [4.78, 5) is 7.68. The van der Waals surface area contributed by atoms with E-state index in [4.69, 9.17) is 9.47 Å². The molecule has 1 aliphatic rings. The number of aromatic nitrogens is 1. The Labute approximate surface area is 153 Å². The maximum Gasteiger partial charge on any atom is 0.419 e. The monoisotopic (exact) mass is 387 g/mol. The van der Waals surface area contributed by atoms with Gasteiger partial charge in [0.1, 0.15) is 12.4 Å². The summed E-state index contributed by atoms with van der Waals surface area (Å²) in [5, 5.41) is 4.14. The van der Waals surface area contributed by atoms with Crippen LogP contribution in [-0.2, 0) is 17.5 Å². The van der Waals surface area contributed by atoms with Crippen LogP contribution in [-0.4, -0.2) is 44.4 Å². The van der Waals surface area contributed by atoms with E-state index < -0.39 is 11.7 Å². The topological polar surface area (TPSA) is 46.6 Å². The van der Waals surface area contributed by atoms with Crippen LogP contribution in [0.4, 0.5) is 18.3 Å². The van der Waals surface area contributed by atoms with Gasteiger partial charge in [0.05, 0.1) is 18.8 Å². The van der Waals surface area contributed by atoms with Crippen LogP contribution < -0.4 is 15.0 Å². The molecule has 142 valence electrons. The van der Waals surface area contributed by atoms with Gasteiger partial charge in [-0.05, 0) is 12.1 Å². The van der Waals surface area contributed by atoms with Gasteiger partial charge in [0.25, 0.3) is 0 Å². The SMILES string of the molecule is FC(F)(F)c1ccccc1OCCNCc1cnc(N2CCOCC2)s1. The van der Waals surface area contributed by atoms with E-state index in [1.165, 1.54) is 18.2 Å². The molecule has 1 aromatic heterocycles. The minimum atomic E-state index is -4.41.